The zero-order chi connectivity index (χ0) is 20.2. The second-order valence-corrected chi connectivity index (χ2v) is 6.76. The molecule has 2 aromatic rings. The Morgan fingerprint density at radius 2 is 1.82 bits per heavy atom. The molecule has 0 aliphatic carbocycles. The highest BCUT2D eigenvalue weighted by atomic mass is 32.1. The molecule has 0 saturated heterocycles. The van der Waals surface area contributed by atoms with Crippen LogP contribution in [0.15, 0.2) is 54.6 Å². The molecule has 0 aromatic heterocycles. The summed E-state index contributed by atoms with van der Waals surface area (Å²) in [5.41, 5.74) is 1.74. The number of hydrogen-bond donors (Lipinski definition) is 2. The third-order valence-electron chi connectivity index (χ3n) is 4.43. The zero-order valence-corrected chi connectivity index (χ0v) is 17.4. The zero-order valence-electron chi connectivity index (χ0n) is 16.6. The van der Waals surface area contributed by atoms with Crippen LogP contribution >= 0.6 is 12.2 Å². The number of likely N-dealkylation sites (N-methyl/N-ethyl adjacent to an activating group) is 1. The van der Waals surface area contributed by atoms with Crippen LogP contribution in [-0.2, 0) is 6.42 Å². The van der Waals surface area contributed by atoms with Crippen LogP contribution in [0.2, 0.25) is 0 Å². The minimum atomic E-state index is -0.242. The topological polar surface area (TPSA) is 53.6 Å². The Labute approximate surface area is 173 Å². The van der Waals surface area contributed by atoms with E-state index in [4.69, 9.17) is 17.0 Å². The molecule has 0 aliphatic rings. The Morgan fingerprint density at radius 3 is 2.54 bits per heavy atom. The van der Waals surface area contributed by atoms with E-state index >= 15 is 0 Å². The predicted octanol–water partition coefficient (Wildman–Crippen LogP) is 3.25. The first-order chi connectivity index (χ1) is 13.6. The molecule has 0 radical (unpaired) electrons. The lowest BCUT2D eigenvalue weighted by Crippen LogP contribution is -2.42. The standard InChI is InChI=1S/C22H29N3O2S/c1-3-25(4-2)15-14-23-22(28)24-21(26)19-11-8-12-20(17-19)27-16-13-18-9-6-5-7-10-18/h5-12,17H,3-4,13-16H2,1-2H3,(H2,23,24,26,28). The maximum Gasteiger partial charge on any atom is 0.257 e. The summed E-state index contributed by atoms with van der Waals surface area (Å²) in [6, 6.07) is 17.3. The van der Waals surface area contributed by atoms with Gasteiger partial charge < -0.3 is 15.0 Å². The molecule has 150 valence electrons. The Morgan fingerprint density at radius 1 is 1.07 bits per heavy atom. The van der Waals surface area contributed by atoms with Gasteiger partial charge in [-0.05, 0) is 49.1 Å². The molecule has 6 heteroatoms. The van der Waals surface area contributed by atoms with Crippen molar-refractivity contribution in [2.24, 2.45) is 0 Å². The van der Waals surface area contributed by atoms with Crippen molar-refractivity contribution in [2.75, 3.05) is 32.8 Å². The smallest absolute Gasteiger partial charge is 0.257 e. The van der Waals surface area contributed by atoms with Crippen molar-refractivity contribution in [1.82, 2.24) is 15.5 Å². The van der Waals surface area contributed by atoms with Gasteiger partial charge in [0, 0.05) is 25.1 Å². The molecule has 0 saturated carbocycles. The Bertz CT molecular complexity index is 748. The van der Waals surface area contributed by atoms with Gasteiger partial charge in [-0.1, -0.05) is 50.2 Å². The molecule has 0 unspecified atom stereocenters. The molecule has 28 heavy (non-hydrogen) atoms. The lowest BCUT2D eigenvalue weighted by atomic mass is 10.2. The Balaban J connectivity index is 1.78. The Hall–Kier alpha value is -2.44. The second-order valence-electron chi connectivity index (χ2n) is 6.35. The summed E-state index contributed by atoms with van der Waals surface area (Å²) < 4.78 is 5.79. The lowest BCUT2D eigenvalue weighted by molar-refractivity contribution is 0.0976. The van der Waals surface area contributed by atoms with E-state index in [-0.39, 0.29) is 5.91 Å². The van der Waals surface area contributed by atoms with Gasteiger partial charge in [-0.3, -0.25) is 10.1 Å². The first kappa shape index (κ1) is 21.9. The molecule has 0 spiro atoms. The number of nitrogens with zero attached hydrogens (tertiary/aromatic N) is 1. The van der Waals surface area contributed by atoms with Gasteiger partial charge in [0.15, 0.2) is 5.11 Å². The normalized spacial score (nSPS) is 10.5. The van der Waals surface area contributed by atoms with E-state index in [0.29, 0.717) is 29.6 Å². The van der Waals surface area contributed by atoms with E-state index in [1.807, 2.05) is 30.3 Å². The molecule has 0 heterocycles. The van der Waals surface area contributed by atoms with E-state index in [1.165, 1.54) is 5.56 Å². The minimum Gasteiger partial charge on any atom is -0.493 e. The fraction of sp³-hybridized carbons (Fsp3) is 0.364. The molecular weight excluding hydrogens is 370 g/mol. The van der Waals surface area contributed by atoms with Crippen LogP contribution < -0.4 is 15.4 Å². The minimum absolute atomic E-state index is 0.242. The summed E-state index contributed by atoms with van der Waals surface area (Å²) in [5.74, 6) is 0.429. The fourth-order valence-electron chi connectivity index (χ4n) is 2.75. The van der Waals surface area contributed by atoms with Gasteiger partial charge in [-0.2, -0.15) is 0 Å². The summed E-state index contributed by atoms with van der Waals surface area (Å²) in [6.45, 7) is 8.37. The van der Waals surface area contributed by atoms with E-state index in [0.717, 1.165) is 26.1 Å². The van der Waals surface area contributed by atoms with E-state index < -0.39 is 0 Å². The second kappa shape index (κ2) is 12.1. The Kier molecular flexibility index (Phi) is 9.45. The number of hydrogen-bond acceptors (Lipinski definition) is 4. The summed E-state index contributed by atoms with van der Waals surface area (Å²) in [7, 11) is 0. The third-order valence-corrected chi connectivity index (χ3v) is 4.68. The van der Waals surface area contributed by atoms with Gasteiger partial charge in [0.1, 0.15) is 5.75 Å². The molecule has 0 atom stereocenters. The summed E-state index contributed by atoms with van der Waals surface area (Å²) >= 11 is 5.22. The van der Waals surface area contributed by atoms with Crippen molar-refractivity contribution in [2.45, 2.75) is 20.3 Å². The van der Waals surface area contributed by atoms with Crippen molar-refractivity contribution >= 4 is 23.2 Å². The number of nitrogens with one attached hydrogen (secondary N) is 2. The van der Waals surface area contributed by atoms with Gasteiger partial charge in [-0.15, -0.1) is 0 Å². The molecule has 1 amide bonds. The molecule has 5 nitrogen and oxygen atoms in total. The van der Waals surface area contributed by atoms with E-state index in [9.17, 15) is 4.79 Å². The van der Waals surface area contributed by atoms with Gasteiger partial charge in [0.2, 0.25) is 0 Å². The van der Waals surface area contributed by atoms with Crippen molar-refractivity contribution in [1.29, 1.82) is 0 Å². The highest BCUT2D eigenvalue weighted by molar-refractivity contribution is 7.80. The van der Waals surface area contributed by atoms with Crippen LogP contribution in [0.5, 0.6) is 5.75 Å². The first-order valence-corrected chi connectivity index (χ1v) is 10.1. The van der Waals surface area contributed by atoms with Crippen LogP contribution in [0.3, 0.4) is 0 Å². The highest BCUT2D eigenvalue weighted by Crippen LogP contribution is 2.14. The number of rotatable bonds is 10. The van der Waals surface area contributed by atoms with Crippen LogP contribution in [0.4, 0.5) is 0 Å². The van der Waals surface area contributed by atoms with Gasteiger partial charge in [0.05, 0.1) is 6.61 Å². The highest BCUT2D eigenvalue weighted by Gasteiger charge is 2.09. The number of ether oxygens (including phenoxy) is 1. The van der Waals surface area contributed by atoms with Crippen molar-refractivity contribution in [3.63, 3.8) is 0 Å². The van der Waals surface area contributed by atoms with Gasteiger partial charge >= 0.3 is 0 Å². The van der Waals surface area contributed by atoms with Crippen molar-refractivity contribution < 1.29 is 9.53 Å². The molecule has 0 aliphatic heterocycles. The number of thiocarbonyl (C=S) groups is 1. The fourth-order valence-corrected chi connectivity index (χ4v) is 2.94. The van der Waals surface area contributed by atoms with Crippen molar-refractivity contribution in [3.8, 4) is 5.75 Å². The number of carbonyl (C=O) groups is 1. The van der Waals surface area contributed by atoms with Crippen LogP contribution in [0.25, 0.3) is 0 Å². The summed E-state index contributed by atoms with van der Waals surface area (Å²) in [4.78, 5) is 14.7. The molecule has 0 bridgehead atoms. The quantitative estimate of drug-likeness (QED) is 0.601. The molecular formula is C22H29N3O2S. The van der Waals surface area contributed by atoms with Crippen LogP contribution in [0, 0.1) is 0 Å². The number of carbonyl (C=O) groups excluding carboxylic acids is 1. The largest absolute Gasteiger partial charge is 0.493 e. The third kappa shape index (κ3) is 7.66. The van der Waals surface area contributed by atoms with Gasteiger partial charge in [0.25, 0.3) is 5.91 Å². The van der Waals surface area contributed by atoms with E-state index in [1.54, 1.807) is 12.1 Å². The van der Waals surface area contributed by atoms with Gasteiger partial charge in [-0.25, -0.2) is 0 Å². The first-order valence-electron chi connectivity index (χ1n) is 9.70. The molecule has 2 aromatic carbocycles. The van der Waals surface area contributed by atoms with Crippen molar-refractivity contribution in [3.05, 3.63) is 65.7 Å². The SMILES string of the molecule is CCN(CC)CCNC(=S)NC(=O)c1cccc(OCCc2ccccc2)c1. The predicted molar refractivity (Wildman–Crippen MR) is 118 cm³/mol. The molecule has 2 N–H and O–H groups in total. The lowest BCUT2D eigenvalue weighted by Gasteiger charge is -2.18. The van der Waals surface area contributed by atoms with Crippen LogP contribution in [-0.4, -0.2) is 48.7 Å². The van der Waals surface area contributed by atoms with Crippen LogP contribution in [0.1, 0.15) is 29.8 Å². The number of benzene rings is 2. The average Bonchev–Trinajstić information content (AvgIpc) is 2.72. The number of amides is 1. The maximum absolute atomic E-state index is 12.4. The maximum atomic E-state index is 12.4. The summed E-state index contributed by atoms with van der Waals surface area (Å²) in [5, 5.41) is 6.14. The molecule has 0 fully saturated rings. The monoisotopic (exact) mass is 399 g/mol. The average molecular weight is 400 g/mol. The van der Waals surface area contributed by atoms with E-state index in [2.05, 4.69) is 41.5 Å². The molecule has 2 rings (SSSR count). The summed E-state index contributed by atoms with van der Waals surface area (Å²) in [6.07, 6.45) is 0.817.